The second kappa shape index (κ2) is 14.6. The molecule has 2 aromatic rings. The minimum atomic E-state index is -7.66. The number of halogens is 11. The molecule has 0 fully saturated rings. The van der Waals surface area contributed by atoms with E-state index < -0.39 is 73.5 Å². The Balaban J connectivity index is 2.30. The smallest absolute Gasteiger partial charge is 0.460 e. The van der Waals surface area contributed by atoms with E-state index in [1.54, 1.807) is 6.92 Å². The number of carboxylic acid groups (broad SMARTS) is 1. The third kappa shape index (κ3) is 8.61. The number of hydrogen-bond donors (Lipinski definition) is 1. The summed E-state index contributed by atoms with van der Waals surface area (Å²) in [4.78, 5) is 23.6. The van der Waals surface area contributed by atoms with E-state index >= 15 is 0 Å². The third-order valence-electron chi connectivity index (χ3n) is 6.12. The van der Waals surface area contributed by atoms with Gasteiger partial charge in [0, 0.05) is 19.1 Å². The van der Waals surface area contributed by atoms with Crippen molar-refractivity contribution >= 4 is 12.1 Å². The first-order chi connectivity index (χ1) is 21.1. The van der Waals surface area contributed by atoms with Gasteiger partial charge in [-0.2, -0.15) is 48.3 Å². The number of benzene rings is 2. The number of nitrogens with zero attached hydrogens (tertiary/aromatic N) is 1. The molecule has 0 aliphatic rings. The van der Waals surface area contributed by atoms with Gasteiger partial charge in [-0.1, -0.05) is 18.2 Å². The van der Waals surface area contributed by atoms with Crippen LogP contribution in [0.15, 0.2) is 48.5 Å². The van der Waals surface area contributed by atoms with Crippen LogP contribution in [-0.2, 0) is 16.0 Å². The lowest BCUT2D eigenvalue weighted by Crippen LogP contribution is -2.68. The molecule has 2 aromatic carbocycles. The Labute approximate surface area is 253 Å². The third-order valence-corrected chi connectivity index (χ3v) is 6.12. The van der Waals surface area contributed by atoms with Crippen LogP contribution in [0, 0.1) is 0 Å². The molecule has 0 saturated carbocycles. The maximum Gasteiger partial charge on any atom is 0.460 e. The number of hydrogen-bond acceptors (Lipinski definition) is 6. The molecule has 0 spiro atoms. The highest BCUT2D eigenvalue weighted by molar-refractivity contribution is 5.72. The Kier molecular flexibility index (Phi) is 12.1. The van der Waals surface area contributed by atoms with Crippen molar-refractivity contribution in [1.82, 2.24) is 4.90 Å². The van der Waals surface area contributed by atoms with E-state index in [9.17, 15) is 63.0 Å². The number of carbonyl (C=O) groups excluding carboxylic acids is 1. The SMILES string of the molecule is CCOC(Cc1ccc(OCCN(CC(F)(F)C(F)(F)C(F)(F)C(F)(F)C(F)(F)F)C(=O)Oc2cccc(OC)c2)cc1)C(=O)O. The Morgan fingerprint density at radius 1 is 0.826 bits per heavy atom. The lowest BCUT2D eigenvalue weighted by molar-refractivity contribution is -0.422. The number of ether oxygens (including phenoxy) is 4. The van der Waals surface area contributed by atoms with Gasteiger partial charge in [-0.05, 0) is 36.8 Å². The largest absolute Gasteiger partial charge is 0.497 e. The van der Waals surface area contributed by atoms with E-state index in [1.165, 1.54) is 43.5 Å². The van der Waals surface area contributed by atoms with Crippen molar-refractivity contribution in [2.45, 2.75) is 49.3 Å². The molecule has 0 heterocycles. The number of carboxylic acids is 1. The maximum atomic E-state index is 14.6. The van der Waals surface area contributed by atoms with Crippen molar-refractivity contribution in [3.63, 3.8) is 0 Å². The normalized spacial score (nSPS) is 13.6. The van der Waals surface area contributed by atoms with Crippen molar-refractivity contribution in [2.75, 3.05) is 33.4 Å². The molecule has 0 radical (unpaired) electrons. The van der Waals surface area contributed by atoms with E-state index in [2.05, 4.69) is 0 Å². The monoisotopic (exact) mass is 685 g/mol. The second-order valence-corrected chi connectivity index (χ2v) is 9.37. The lowest BCUT2D eigenvalue weighted by atomic mass is 9.97. The Bertz CT molecular complexity index is 1320. The standard InChI is InChI=1S/C27H26F11NO7/c1-3-44-20(21(40)41)13-16-7-9-17(10-8-16)45-12-11-39(22(42)46-19-6-4-5-18(14-19)43-2)15-23(28,29)24(30,31)25(32,33)26(34,35)27(36,37)38/h4-10,14,20H,3,11-13,15H2,1-2H3,(H,40,41). The molecule has 2 rings (SSSR count). The van der Waals surface area contributed by atoms with Crippen molar-refractivity contribution in [2.24, 2.45) is 0 Å². The van der Waals surface area contributed by atoms with Crippen molar-refractivity contribution in [3.05, 3.63) is 54.1 Å². The highest BCUT2D eigenvalue weighted by atomic mass is 19.4. The fourth-order valence-electron chi connectivity index (χ4n) is 3.64. The zero-order valence-electron chi connectivity index (χ0n) is 23.7. The van der Waals surface area contributed by atoms with Crippen LogP contribution in [0.4, 0.5) is 53.1 Å². The Hall–Kier alpha value is -4.03. The first-order valence-electron chi connectivity index (χ1n) is 12.9. The van der Waals surface area contributed by atoms with Crippen molar-refractivity contribution in [1.29, 1.82) is 0 Å². The fourth-order valence-corrected chi connectivity index (χ4v) is 3.64. The zero-order valence-corrected chi connectivity index (χ0v) is 23.7. The summed E-state index contributed by atoms with van der Waals surface area (Å²) in [6.07, 6.45) is -10.5. The summed E-state index contributed by atoms with van der Waals surface area (Å²) in [6.45, 7) is -3.16. The number of alkyl halides is 11. The molecule has 0 aromatic heterocycles. The lowest BCUT2D eigenvalue weighted by Gasteiger charge is -2.38. The van der Waals surface area contributed by atoms with Gasteiger partial charge in [0.25, 0.3) is 0 Å². The highest BCUT2D eigenvalue weighted by Crippen LogP contribution is 2.57. The van der Waals surface area contributed by atoms with Gasteiger partial charge in [0.2, 0.25) is 0 Å². The second-order valence-electron chi connectivity index (χ2n) is 9.37. The molecule has 0 saturated heterocycles. The summed E-state index contributed by atoms with van der Waals surface area (Å²) >= 11 is 0. The van der Waals surface area contributed by atoms with Gasteiger partial charge < -0.3 is 24.1 Å². The van der Waals surface area contributed by atoms with Crippen LogP contribution >= 0.6 is 0 Å². The van der Waals surface area contributed by atoms with Crippen LogP contribution in [0.1, 0.15) is 12.5 Å². The predicted octanol–water partition coefficient (Wildman–Crippen LogP) is 6.71. The molecule has 0 aliphatic carbocycles. The van der Waals surface area contributed by atoms with E-state index in [4.69, 9.17) is 18.9 Å². The minimum absolute atomic E-state index is 0.0467. The van der Waals surface area contributed by atoms with Gasteiger partial charge in [-0.25, -0.2) is 9.59 Å². The number of rotatable bonds is 16. The molecule has 0 aliphatic heterocycles. The average Bonchev–Trinajstić information content (AvgIpc) is 2.96. The number of amides is 1. The van der Waals surface area contributed by atoms with E-state index in [0.29, 0.717) is 5.56 Å². The molecule has 1 atom stereocenters. The molecule has 1 amide bonds. The predicted molar refractivity (Wildman–Crippen MR) is 135 cm³/mol. The zero-order chi connectivity index (χ0) is 35.1. The molecule has 19 heteroatoms. The van der Waals surface area contributed by atoms with Gasteiger partial charge >= 0.3 is 41.9 Å². The molecule has 0 bridgehead atoms. The molecule has 46 heavy (non-hydrogen) atoms. The summed E-state index contributed by atoms with van der Waals surface area (Å²) in [5.41, 5.74) is 0.440. The molecule has 8 nitrogen and oxygen atoms in total. The summed E-state index contributed by atoms with van der Waals surface area (Å²) in [5, 5.41) is 9.18. The quantitative estimate of drug-likeness (QED) is 0.197. The Morgan fingerprint density at radius 3 is 1.93 bits per heavy atom. The van der Waals surface area contributed by atoms with Gasteiger partial charge in [0.1, 0.15) is 23.9 Å². The summed E-state index contributed by atoms with van der Waals surface area (Å²) in [5.74, 6) is -30.7. The van der Waals surface area contributed by atoms with Crippen molar-refractivity contribution < 1.29 is 81.9 Å². The van der Waals surface area contributed by atoms with Crippen molar-refractivity contribution in [3.8, 4) is 17.2 Å². The Morgan fingerprint density at radius 2 is 1.41 bits per heavy atom. The van der Waals surface area contributed by atoms with Crippen LogP contribution in [0.25, 0.3) is 0 Å². The van der Waals surface area contributed by atoms with Crippen LogP contribution < -0.4 is 14.2 Å². The van der Waals surface area contributed by atoms with Gasteiger partial charge in [-0.15, -0.1) is 0 Å². The molecular formula is C27H26F11NO7. The van der Waals surface area contributed by atoms with Crippen LogP contribution in [-0.4, -0.2) is 91.5 Å². The molecule has 1 unspecified atom stereocenters. The first-order valence-corrected chi connectivity index (χ1v) is 12.9. The molecule has 258 valence electrons. The number of aliphatic carboxylic acids is 1. The summed E-state index contributed by atoms with van der Waals surface area (Å²) in [7, 11) is 1.18. The van der Waals surface area contributed by atoms with E-state index in [1.807, 2.05) is 0 Å². The summed E-state index contributed by atoms with van der Waals surface area (Å²) < 4.78 is 169. The van der Waals surface area contributed by atoms with Gasteiger partial charge in [0.15, 0.2) is 6.10 Å². The van der Waals surface area contributed by atoms with E-state index in [0.717, 1.165) is 12.1 Å². The molecular weight excluding hydrogens is 659 g/mol. The fraction of sp³-hybridized carbons (Fsp3) is 0.481. The number of methoxy groups -OCH3 is 1. The topological polar surface area (TPSA) is 94.5 Å². The average molecular weight is 685 g/mol. The van der Waals surface area contributed by atoms with Crippen LogP contribution in [0.5, 0.6) is 17.2 Å². The first kappa shape index (κ1) is 38.2. The van der Waals surface area contributed by atoms with Crippen LogP contribution in [0.2, 0.25) is 0 Å². The van der Waals surface area contributed by atoms with Crippen LogP contribution in [0.3, 0.4) is 0 Å². The van der Waals surface area contributed by atoms with Gasteiger partial charge in [0.05, 0.1) is 20.2 Å². The highest BCUT2D eigenvalue weighted by Gasteiger charge is 2.87. The van der Waals surface area contributed by atoms with E-state index in [-0.39, 0.29) is 29.4 Å². The minimum Gasteiger partial charge on any atom is -0.497 e. The summed E-state index contributed by atoms with van der Waals surface area (Å²) in [6, 6.07) is 9.89. The van der Waals surface area contributed by atoms with Gasteiger partial charge in [-0.3, -0.25) is 4.90 Å². The number of carbonyl (C=O) groups is 2. The maximum absolute atomic E-state index is 14.6. The molecule has 1 N–H and O–H groups in total.